The third kappa shape index (κ3) is 5.85. The van der Waals surface area contributed by atoms with E-state index >= 15 is 0 Å². The first-order valence-electron chi connectivity index (χ1n) is 5.85. The van der Waals surface area contributed by atoms with Crippen LogP contribution in [0.3, 0.4) is 0 Å². The zero-order chi connectivity index (χ0) is 14.5. The summed E-state index contributed by atoms with van der Waals surface area (Å²) in [5, 5.41) is 0.774. The van der Waals surface area contributed by atoms with E-state index < -0.39 is 17.7 Å². The Kier molecular flexibility index (Phi) is 4.86. The number of rotatable bonds is 2. The number of hydrogen-bond acceptors (Lipinski definition) is 5. The van der Waals surface area contributed by atoms with Gasteiger partial charge in [0.2, 0.25) is 0 Å². The molecule has 19 heavy (non-hydrogen) atoms. The van der Waals surface area contributed by atoms with Gasteiger partial charge in [0.1, 0.15) is 5.60 Å². The molecule has 1 amide bonds. The van der Waals surface area contributed by atoms with Crippen LogP contribution in [0.1, 0.15) is 26.5 Å². The summed E-state index contributed by atoms with van der Waals surface area (Å²) in [6.45, 7) is 5.19. The van der Waals surface area contributed by atoms with Crippen LogP contribution < -0.4 is 0 Å². The van der Waals surface area contributed by atoms with Crippen molar-refractivity contribution in [2.75, 3.05) is 7.05 Å². The lowest BCUT2D eigenvalue weighted by molar-refractivity contribution is -0.178. The zero-order valence-electron chi connectivity index (χ0n) is 11.5. The van der Waals surface area contributed by atoms with E-state index in [1.807, 2.05) is 0 Å². The normalized spacial score (nSPS) is 10.7. The van der Waals surface area contributed by atoms with Crippen molar-refractivity contribution in [1.29, 1.82) is 0 Å². The minimum absolute atomic E-state index is 0.00597. The smallest absolute Gasteiger partial charge is 0.442 e. The Morgan fingerprint density at radius 2 is 2.00 bits per heavy atom. The molecule has 0 aromatic carbocycles. The molecule has 0 radical (unpaired) electrons. The number of hydroxylamine groups is 2. The number of aromatic nitrogens is 1. The second-order valence-corrected chi connectivity index (χ2v) is 4.94. The first-order valence-corrected chi connectivity index (χ1v) is 5.85. The van der Waals surface area contributed by atoms with Crippen molar-refractivity contribution in [3.8, 4) is 0 Å². The third-order valence-electron chi connectivity index (χ3n) is 1.94. The van der Waals surface area contributed by atoms with Gasteiger partial charge in [0, 0.05) is 6.20 Å². The van der Waals surface area contributed by atoms with Gasteiger partial charge in [-0.3, -0.25) is 4.98 Å². The molecule has 0 saturated carbocycles. The number of hydrogen-bond donors (Lipinski definition) is 0. The van der Waals surface area contributed by atoms with Gasteiger partial charge in [-0.05, 0) is 32.9 Å². The maximum atomic E-state index is 11.6. The van der Waals surface area contributed by atoms with E-state index in [0.717, 1.165) is 5.06 Å². The van der Waals surface area contributed by atoms with Gasteiger partial charge < -0.3 is 9.57 Å². The Balaban J connectivity index is 2.46. The van der Waals surface area contributed by atoms with Crippen LogP contribution in [-0.2, 0) is 20.8 Å². The predicted molar refractivity (Wildman–Crippen MR) is 68.0 cm³/mol. The molecule has 0 atom stereocenters. The fourth-order valence-electron chi connectivity index (χ4n) is 1.20. The molecule has 1 heterocycles. The first kappa shape index (κ1) is 14.9. The molecule has 0 saturated heterocycles. The van der Waals surface area contributed by atoms with E-state index in [1.165, 1.54) is 7.05 Å². The van der Waals surface area contributed by atoms with Gasteiger partial charge in [0.25, 0.3) is 0 Å². The van der Waals surface area contributed by atoms with Crippen LogP contribution in [-0.4, -0.2) is 34.8 Å². The number of nitrogens with zero attached hydrogens (tertiary/aromatic N) is 2. The highest BCUT2D eigenvalue weighted by Gasteiger charge is 2.22. The quantitative estimate of drug-likeness (QED) is 0.765. The molecule has 104 valence electrons. The van der Waals surface area contributed by atoms with Crippen molar-refractivity contribution in [2.24, 2.45) is 0 Å². The summed E-state index contributed by atoms with van der Waals surface area (Å²) in [6.07, 6.45) is 0.857. The van der Waals surface area contributed by atoms with E-state index in [0.29, 0.717) is 5.69 Å². The largest absolute Gasteiger partial charge is 0.443 e. The Morgan fingerprint density at radius 1 is 1.32 bits per heavy atom. The van der Waals surface area contributed by atoms with Gasteiger partial charge in [-0.1, -0.05) is 6.07 Å². The van der Waals surface area contributed by atoms with Crippen molar-refractivity contribution in [2.45, 2.75) is 32.8 Å². The Labute approximate surface area is 112 Å². The molecular weight excluding hydrogens is 248 g/mol. The molecule has 1 rings (SSSR count). The predicted octanol–water partition coefficient (Wildman–Crippen LogP) is 1.95. The number of carbonyl (C=O) groups excluding carboxylic acids is 2. The molecule has 0 aliphatic rings. The topological polar surface area (TPSA) is 68.7 Å². The fourth-order valence-corrected chi connectivity index (χ4v) is 1.20. The van der Waals surface area contributed by atoms with Crippen LogP contribution in [0.15, 0.2) is 24.4 Å². The SMILES string of the molecule is CN(OC(=O)Cc1ccccn1)C(=O)OC(C)(C)C. The summed E-state index contributed by atoms with van der Waals surface area (Å²) in [5.41, 5.74) is -0.0660. The Morgan fingerprint density at radius 3 is 2.53 bits per heavy atom. The monoisotopic (exact) mass is 266 g/mol. The lowest BCUT2D eigenvalue weighted by Gasteiger charge is -2.23. The number of pyridine rings is 1. The Hall–Kier alpha value is -2.11. The summed E-state index contributed by atoms with van der Waals surface area (Å²) < 4.78 is 5.04. The number of carbonyl (C=O) groups is 2. The highest BCUT2D eigenvalue weighted by Crippen LogP contribution is 2.09. The van der Waals surface area contributed by atoms with E-state index in [2.05, 4.69) is 4.98 Å². The van der Waals surface area contributed by atoms with Crippen molar-refractivity contribution in [3.63, 3.8) is 0 Å². The van der Waals surface area contributed by atoms with Gasteiger partial charge in [0.15, 0.2) is 0 Å². The summed E-state index contributed by atoms with van der Waals surface area (Å²) in [7, 11) is 1.32. The van der Waals surface area contributed by atoms with Crippen molar-refractivity contribution < 1.29 is 19.2 Å². The van der Waals surface area contributed by atoms with Crippen LogP contribution in [0, 0.1) is 0 Å². The van der Waals surface area contributed by atoms with Crippen LogP contribution in [0.4, 0.5) is 4.79 Å². The van der Waals surface area contributed by atoms with Gasteiger partial charge in [-0.25, -0.2) is 9.59 Å². The number of ether oxygens (including phenoxy) is 1. The molecule has 0 bridgehead atoms. The molecule has 6 heteroatoms. The maximum absolute atomic E-state index is 11.6. The van der Waals surface area contributed by atoms with E-state index in [-0.39, 0.29) is 6.42 Å². The van der Waals surface area contributed by atoms with Gasteiger partial charge in [-0.15, -0.1) is 5.06 Å². The second-order valence-electron chi connectivity index (χ2n) is 4.94. The summed E-state index contributed by atoms with van der Waals surface area (Å²) in [6, 6.07) is 5.23. The molecule has 0 aliphatic carbocycles. The van der Waals surface area contributed by atoms with Crippen LogP contribution >= 0.6 is 0 Å². The highest BCUT2D eigenvalue weighted by atomic mass is 16.8. The minimum atomic E-state index is -0.720. The highest BCUT2D eigenvalue weighted by molar-refractivity contribution is 5.74. The fraction of sp³-hybridized carbons (Fsp3) is 0.462. The average Bonchev–Trinajstić information content (AvgIpc) is 2.27. The minimum Gasteiger partial charge on any atom is -0.442 e. The molecule has 0 spiro atoms. The van der Waals surface area contributed by atoms with Gasteiger partial charge in [0.05, 0.1) is 19.2 Å². The lowest BCUT2D eigenvalue weighted by Crippen LogP contribution is -2.36. The first-order chi connectivity index (χ1) is 8.78. The Bertz CT molecular complexity index is 440. The van der Waals surface area contributed by atoms with E-state index in [4.69, 9.17) is 9.57 Å². The standard InChI is InChI=1S/C13H18N2O4/c1-13(2,3)18-12(17)15(4)19-11(16)9-10-7-5-6-8-14-10/h5-8H,9H2,1-4H3. The van der Waals surface area contributed by atoms with E-state index in [1.54, 1.807) is 45.2 Å². The number of amides is 1. The molecule has 1 aromatic heterocycles. The maximum Gasteiger partial charge on any atom is 0.443 e. The third-order valence-corrected chi connectivity index (χ3v) is 1.94. The second kappa shape index (κ2) is 6.17. The van der Waals surface area contributed by atoms with Crippen LogP contribution in [0.5, 0.6) is 0 Å². The molecule has 6 nitrogen and oxygen atoms in total. The molecule has 0 aliphatic heterocycles. The van der Waals surface area contributed by atoms with Crippen molar-refractivity contribution in [1.82, 2.24) is 10.0 Å². The molecule has 0 N–H and O–H groups in total. The summed E-state index contributed by atoms with van der Waals surface area (Å²) >= 11 is 0. The van der Waals surface area contributed by atoms with Gasteiger partial charge in [-0.2, -0.15) is 0 Å². The van der Waals surface area contributed by atoms with Crippen LogP contribution in [0.25, 0.3) is 0 Å². The average molecular weight is 266 g/mol. The summed E-state index contributed by atoms with van der Waals surface area (Å²) in [4.78, 5) is 32.0. The lowest BCUT2D eigenvalue weighted by atomic mass is 10.2. The van der Waals surface area contributed by atoms with E-state index in [9.17, 15) is 9.59 Å². The van der Waals surface area contributed by atoms with Crippen molar-refractivity contribution in [3.05, 3.63) is 30.1 Å². The van der Waals surface area contributed by atoms with Crippen molar-refractivity contribution >= 4 is 12.1 Å². The molecule has 0 fully saturated rings. The molecular formula is C13H18N2O4. The van der Waals surface area contributed by atoms with Crippen LogP contribution in [0.2, 0.25) is 0 Å². The van der Waals surface area contributed by atoms with Gasteiger partial charge >= 0.3 is 12.1 Å². The summed E-state index contributed by atoms with van der Waals surface area (Å²) in [5.74, 6) is -0.577. The molecule has 1 aromatic rings. The zero-order valence-corrected chi connectivity index (χ0v) is 11.5. The molecule has 0 unspecified atom stereocenters.